The van der Waals surface area contributed by atoms with E-state index in [2.05, 4.69) is 34.5 Å². The molecule has 2 aliphatic rings. The fourth-order valence-corrected chi connectivity index (χ4v) is 4.46. The zero-order valence-corrected chi connectivity index (χ0v) is 15.3. The first-order valence-electron chi connectivity index (χ1n) is 9.69. The fraction of sp³-hybridized carbons (Fsp3) is 0.409. The van der Waals surface area contributed by atoms with Gasteiger partial charge >= 0.3 is 0 Å². The van der Waals surface area contributed by atoms with Gasteiger partial charge in [0.25, 0.3) is 0 Å². The van der Waals surface area contributed by atoms with Crippen molar-refractivity contribution in [3.8, 4) is 5.75 Å². The van der Waals surface area contributed by atoms with E-state index in [1.807, 2.05) is 6.07 Å². The number of rotatable bonds is 6. The van der Waals surface area contributed by atoms with E-state index in [0.29, 0.717) is 31.0 Å². The van der Waals surface area contributed by atoms with Crippen LogP contribution >= 0.6 is 0 Å². The molecule has 142 valence electrons. The lowest BCUT2D eigenvalue weighted by Gasteiger charge is -2.24. The normalized spacial score (nSPS) is 24.6. The average molecular weight is 368 g/mol. The second-order valence-electron chi connectivity index (χ2n) is 7.31. The molecule has 2 saturated heterocycles. The maximum absolute atomic E-state index is 12.9. The van der Waals surface area contributed by atoms with Crippen LogP contribution in [0.1, 0.15) is 30.9 Å². The number of ether oxygens (including phenoxy) is 1. The van der Waals surface area contributed by atoms with E-state index in [9.17, 15) is 9.18 Å². The Morgan fingerprint density at radius 2 is 1.93 bits per heavy atom. The lowest BCUT2D eigenvalue weighted by atomic mass is 9.93. The van der Waals surface area contributed by atoms with Crippen molar-refractivity contribution in [3.05, 3.63) is 66.0 Å². The topological polar surface area (TPSA) is 41.6 Å². The van der Waals surface area contributed by atoms with Gasteiger partial charge in [0.15, 0.2) is 0 Å². The smallest absolute Gasteiger partial charge is 0.224 e. The number of nitrogens with one attached hydrogen (secondary N) is 1. The Morgan fingerprint density at radius 3 is 2.70 bits per heavy atom. The molecule has 4 rings (SSSR count). The standard InChI is InChI=1S/C22H25FN2O2/c23-17-8-10-18(11-9-17)27-14-12-24-22(26)19-15-21(16-5-2-1-3-6-16)25-13-4-7-20(19)25/h1-3,5-6,8-11,19-21H,4,7,12-15H2,(H,24,26)/t19-,20+,21-/m1/s1. The van der Waals surface area contributed by atoms with Gasteiger partial charge < -0.3 is 10.1 Å². The summed E-state index contributed by atoms with van der Waals surface area (Å²) in [5.74, 6) is 0.472. The molecule has 0 saturated carbocycles. The third kappa shape index (κ3) is 3.98. The number of hydrogen-bond acceptors (Lipinski definition) is 3. The zero-order valence-electron chi connectivity index (χ0n) is 15.3. The molecule has 2 aromatic carbocycles. The SMILES string of the molecule is O=C(NCCOc1ccc(F)cc1)[C@@H]1C[C@H](c2ccccc2)N2CCC[C@@H]12. The maximum Gasteiger partial charge on any atom is 0.224 e. The van der Waals surface area contributed by atoms with Gasteiger partial charge in [-0.15, -0.1) is 0 Å². The van der Waals surface area contributed by atoms with Gasteiger partial charge in [-0.05, 0) is 55.6 Å². The quantitative estimate of drug-likeness (QED) is 0.793. The molecule has 27 heavy (non-hydrogen) atoms. The van der Waals surface area contributed by atoms with Crippen LogP contribution in [0.4, 0.5) is 4.39 Å². The second kappa shape index (κ2) is 8.09. The van der Waals surface area contributed by atoms with Crippen LogP contribution in [-0.4, -0.2) is 36.5 Å². The largest absolute Gasteiger partial charge is 0.492 e. The van der Waals surface area contributed by atoms with Gasteiger partial charge in [-0.3, -0.25) is 9.69 Å². The van der Waals surface area contributed by atoms with Crippen LogP contribution in [0, 0.1) is 11.7 Å². The summed E-state index contributed by atoms with van der Waals surface area (Å²) < 4.78 is 18.5. The molecule has 0 unspecified atom stereocenters. The highest BCUT2D eigenvalue weighted by Crippen LogP contribution is 2.44. The van der Waals surface area contributed by atoms with Gasteiger partial charge in [-0.2, -0.15) is 0 Å². The van der Waals surface area contributed by atoms with Crippen LogP contribution in [0.3, 0.4) is 0 Å². The third-order valence-electron chi connectivity index (χ3n) is 5.69. The Kier molecular flexibility index (Phi) is 5.39. The zero-order chi connectivity index (χ0) is 18.6. The lowest BCUT2D eigenvalue weighted by Crippen LogP contribution is -2.39. The van der Waals surface area contributed by atoms with Gasteiger partial charge in [-0.1, -0.05) is 30.3 Å². The molecule has 0 radical (unpaired) electrons. The highest BCUT2D eigenvalue weighted by molar-refractivity contribution is 5.80. The highest BCUT2D eigenvalue weighted by atomic mass is 19.1. The minimum Gasteiger partial charge on any atom is -0.492 e. The summed E-state index contributed by atoms with van der Waals surface area (Å²) in [5, 5.41) is 3.03. The number of nitrogens with zero attached hydrogens (tertiary/aromatic N) is 1. The molecule has 3 atom stereocenters. The number of amides is 1. The first-order valence-corrected chi connectivity index (χ1v) is 9.69. The van der Waals surface area contributed by atoms with Crippen molar-refractivity contribution in [3.63, 3.8) is 0 Å². The molecular formula is C22H25FN2O2. The van der Waals surface area contributed by atoms with Crippen LogP contribution in [-0.2, 0) is 4.79 Å². The molecule has 1 N–H and O–H groups in total. The number of carbonyl (C=O) groups excluding carboxylic acids is 1. The highest BCUT2D eigenvalue weighted by Gasteiger charge is 2.46. The molecule has 2 heterocycles. The predicted molar refractivity (Wildman–Crippen MR) is 102 cm³/mol. The summed E-state index contributed by atoms with van der Waals surface area (Å²) in [6, 6.07) is 17.1. The van der Waals surface area contributed by atoms with Crippen molar-refractivity contribution in [2.45, 2.75) is 31.3 Å². The fourth-order valence-electron chi connectivity index (χ4n) is 4.46. The monoisotopic (exact) mass is 368 g/mol. The van der Waals surface area contributed by atoms with Gasteiger partial charge in [0.05, 0.1) is 12.5 Å². The molecule has 0 spiro atoms. The number of halogens is 1. The van der Waals surface area contributed by atoms with Gasteiger partial charge in [-0.25, -0.2) is 4.39 Å². The summed E-state index contributed by atoms with van der Waals surface area (Å²) in [7, 11) is 0. The Balaban J connectivity index is 1.31. The molecule has 2 aliphatic heterocycles. The van der Waals surface area contributed by atoms with E-state index in [4.69, 9.17) is 4.74 Å². The van der Waals surface area contributed by atoms with Crippen molar-refractivity contribution in [2.24, 2.45) is 5.92 Å². The van der Waals surface area contributed by atoms with E-state index < -0.39 is 0 Å². The van der Waals surface area contributed by atoms with E-state index in [-0.39, 0.29) is 17.6 Å². The molecule has 0 bridgehead atoms. The van der Waals surface area contributed by atoms with E-state index in [0.717, 1.165) is 25.8 Å². The van der Waals surface area contributed by atoms with Gasteiger partial charge in [0.1, 0.15) is 18.2 Å². The minimum atomic E-state index is -0.286. The van der Waals surface area contributed by atoms with Crippen LogP contribution in [0.5, 0.6) is 5.75 Å². The average Bonchev–Trinajstić information content (AvgIpc) is 3.30. The molecule has 0 aliphatic carbocycles. The summed E-state index contributed by atoms with van der Waals surface area (Å²) in [6.07, 6.45) is 3.12. The summed E-state index contributed by atoms with van der Waals surface area (Å²) in [6.45, 7) is 1.90. The van der Waals surface area contributed by atoms with Crippen LogP contribution in [0.15, 0.2) is 54.6 Å². The van der Waals surface area contributed by atoms with Crippen LogP contribution < -0.4 is 10.1 Å². The Bertz CT molecular complexity index is 766. The first-order chi connectivity index (χ1) is 13.2. The third-order valence-corrected chi connectivity index (χ3v) is 5.69. The van der Waals surface area contributed by atoms with E-state index >= 15 is 0 Å². The molecule has 5 heteroatoms. The summed E-state index contributed by atoms with van der Waals surface area (Å²) in [5.41, 5.74) is 1.30. The van der Waals surface area contributed by atoms with Crippen molar-refractivity contribution in [1.82, 2.24) is 10.2 Å². The van der Waals surface area contributed by atoms with Gasteiger partial charge in [0, 0.05) is 12.1 Å². The number of carbonyl (C=O) groups is 1. The molecule has 2 aromatic rings. The number of hydrogen-bond donors (Lipinski definition) is 1. The Morgan fingerprint density at radius 1 is 1.15 bits per heavy atom. The molecule has 2 fully saturated rings. The van der Waals surface area contributed by atoms with Crippen LogP contribution in [0.2, 0.25) is 0 Å². The van der Waals surface area contributed by atoms with Crippen LogP contribution in [0.25, 0.3) is 0 Å². The summed E-state index contributed by atoms with van der Waals surface area (Å²) >= 11 is 0. The summed E-state index contributed by atoms with van der Waals surface area (Å²) in [4.78, 5) is 15.3. The Hall–Kier alpha value is -2.40. The van der Waals surface area contributed by atoms with Crippen molar-refractivity contribution >= 4 is 5.91 Å². The van der Waals surface area contributed by atoms with Crippen molar-refractivity contribution < 1.29 is 13.9 Å². The number of benzene rings is 2. The number of fused-ring (bicyclic) bond motifs is 1. The van der Waals surface area contributed by atoms with E-state index in [1.165, 1.54) is 17.7 Å². The molecular weight excluding hydrogens is 343 g/mol. The minimum absolute atomic E-state index is 0.0310. The van der Waals surface area contributed by atoms with E-state index in [1.54, 1.807) is 12.1 Å². The molecule has 1 amide bonds. The second-order valence-corrected chi connectivity index (χ2v) is 7.31. The van der Waals surface area contributed by atoms with Crippen molar-refractivity contribution in [2.75, 3.05) is 19.7 Å². The van der Waals surface area contributed by atoms with Crippen molar-refractivity contribution in [1.29, 1.82) is 0 Å². The Labute approximate surface area is 159 Å². The lowest BCUT2D eigenvalue weighted by molar-refractivity contribution is -0.125. The first kappa shape index (κ1) is 18.0. The molecule has 0 aromatic heterocycles. The molecule has 4 nitrogen and oxygen atoms in total. The predicted octanol–water partition coefficient (Wildman–Crippen LogP) is 3.55. The maximum atomic E-state index is 12.9. The van der Waals surface area contributed by atoms with Gasteiger partial charge in [0.2, 0.25) is 5.91 Å².